The van der Waals surface area contributed by atoms with Crippen LogP contribution in [0.3, 0.4) is 0 Å². The summed E-state index contributed by atoms with van der Waals surface area (Å²) in [7, 11) is 0. The fourth-order valence-corrected chi connectivity index (χ4v) is 2.17. The van der Waals surface area contributed by atoms with E-state index in [-0.39, 0.29) is 0 Å². The predicted octanol–water partition coefficient (Wildman–Crippen LogP) is 3.67. The zero-order valence-corrected chi connectivity index (χ0v) is 11.2. The number of halogens is 1. The number of rotatable bonds is 7. The van der Waals surface area contributed by atoms with Crippen LogP contribution >= 0.6 is 15.9 Å². The van der Waals surface area contributed by atoms with Crippen molar-refractivity contribution in [2.24, 2.45) is 5.92 Å². The molecule has 0 atom stereocenters. The van der Waals surface area contributed by atoms with Crippen LogP contribution in [0.5, 0.6) is 0 Å². The van der Waals surface area contributed by atoms with Crippen LogP contribution in [0.1, 0.15) is 46.0 Å². The van der Waals surface area contributed by atoms with Crippen molar-refractivity contribution in [3.05, 3.63) is 0 Å². The number of alkyl halides is 1. The van der Waals surface area contributed by atoms with Crippen LogP contribution in [0.15, 0.2) is 0 Å². The van der Waals surface area contributed by atoms with Crippen molar-refractivity contribution in [1.29, 1.82) is 0 Å². The van der Waals surface area contributed by atoms with Crippen molar-refractivity contribution in [3.8, 4) is 0 Å². The first-order valence-electron chi connectivity index (χ1n) is 6.04. The Labute approximate surface area is 97.4 Å². The summed E-state index contributed by atoms with van der Waals surface area (Å²) in [6.07, 6.45) is 7.01. The molecule has 0 spiro atoms. The van der Waals surface area contributed by atoms with E-state index in [1.165, 1.54) is 45.2 Å². The Balaban J connectivity index is 2.20. The van der Waals surface area contributed by atoms with Crippen LogP contribution in [0, 0.1) is 5.92 Å². The van der Waals surface area contributed by atoms with Crippen LogP contribution < -0.4 is 0 Å². The van der Waals surface area contributed by atoms with Crippen molar-refractivity contribution in [1.82, 2.24) is 4.90 Å². The third kappa shape index (κ3) is 4.31. The minimum atomic E-state index is 0.849. The van der Waals surface area contributed by atoms with Gasteiger partial charge in [0.1, 0.15) is 0 Å². The number of nitrogens with zero attached hydrogens (tertiary/aromatic N) is 1. The molecule has 14 heavy (non-hydrogen) atoms. The summed E-state index contributed by atoms with van der Waals surface area (Å²) in [5.74, 6) is 0.849. The molecule has 1 aliphatic rings. The summed E-state index contributed by atoms with van der Waals surface area (Å²) in [4.78, 5) is 2.71. The van der Waals surface area contributed by atoms with E-state index in [1.54, 1.807) is 0 Å². The Hall–Kier alpha value is 0.440. The average molecular weight is 262 g/mol. The SMILES string of the molecule is CC(C)CCN(CCCBr)C1CCC1. The molecule has 1 aliphatic carbocycles. The highest BCUT2D eigenvalue weighted by Gasteiger charge is 2.23. The second-order valence-corrected chi connectivity index (χ2v) is 5.64. The maximum atomic E-state index is 3.52. The lowest BCUT2D eigenvalue weighted by Gasteiger charge is -2.38. The minimum Gasteiger partial charge on any atom is -0.300 e. The van der Waals surface area contributed by atoms with Crippen molar-refractivity contribution >= 4 is 15.9 Å². The van der Waals surface area contributed by atoms with E-state index in [0.29, 0.717) is 0 Å². The van der Waals surface area contributed by atoms with Gasteiger partial charge in [-0.1, -0.05) is 36.2 Å². The van der Waals surface area contributed by atoms with Gasteiger partial charge in [0.05, 0.1) is 0 Å². The van der Waals surface area contributed by atoms with Gasteiger partial charge >= 0.3 is 0 Å². The molecule has 0 unspecified atom stereocenters. The summed E-state index contributed by atoms with van der Waals surface area (Å²) in [5, 5.41) is 1.15. The van der Waals surface area contributed by atoms with Crippen LogP contribution in [-0.2, 0) is 0 Å². The summed E-state index contributed by atoms with van der Waals surface area (Å²) in [6.45, 7) is 7.25. The molecule has 2 heteroatoms. The molecule has 0 saturated heterocycles. The van der Waals surface area contributed by atoms with Crippen LogP contribution in [0.4, 0.5) is 0 Å². The Morgan fingerprint density at radius 3 is 2.43 bits per heavy atom. The molecule has 1 nitrogen and oxygen atoms in total. The van der Waals surface area contributed by atoms with E-state index < -0.39 is 0 Å². The Kier molecular flexibility index (Phi) is 6.11. The Bertz CT molecular complexity index is 143. The first-order chi connectivity index (χ1) is 6.74. The molecule has 0 aromatic heterocycles. The lowest BCUT2D eigenvalue weighted by atomic mass is 9.91. The quantitative estimate of drug-likeness (QED) is 0.633. The van der Waals surface area contributed by atoms with Gasteiger partial charge < -0.3 is 4.90 Å². The molecular weight excluding hydrogens is 238 g/mol. The van der Waals surface area contributed by atoms with E-state index in [0.717, 1.165) is 17.3 Å². The Morgan fingerprint density at radius 1 is 1.29 bits per heavy atom. The highest BCUT2D eigenvalue weighted by atomic mass is 79.9. The zero-order valence-electron chi connectivity index (χ0n) is 9.64. The molecule has 0 aliphatic heterocycles. The van der Waals surface area contributed by atoms with E-state index in [2.05, 4.69) is 34.7 Å². The van der Waals surface area contributed by atoms with E-state index in [1.807, 2.05) is 0 Å². The maximum absolute atomic E-state index is 3.52. The third-order valence-corrected chi connectivity index (χ3v) is 3.72. The first-order valence-corrected chi connectivity index (χ1v) is 7.16. The molecule has 0 aromatic carbocycles. The summed E-state index contributed by atoms with van der Waals surface area (Å²) >= 11 is 3.52. The molecule has 0 N–H and O–H groups in total. The second-order valence-electron chi connectivity index (χ2n) is 4.85. The van der Waals surface area contributed by atoms with Gasteiger partial charge in [-0.15, -0.1) is 0 Å². The van der Waals surface area contributed by atoms with E-state index in [9.17, 15) is 0 Å². The lowest BCUT2D eigenvalue weighted by Crippen LogP contribution is -2.41. The van der Waals surface area contributed by atoms with Crippen LogP contribution in [0.25, 0.3) is 0 Å². The lowest BCUT2D eigenvalue weighted by molar-refractivity contribution is 0.121. The fraction of sp³-hybridized carbons (Fsp3) is 1.00. The van der Waals surface area contributed by atoms with Gasteiger partial charge in [-0.2, -0.15) is 0 Å². The van der Waals surface area contributed by atoms with Crippen molar-refractivity contribution in [3.63, 3.8) is 0 Å². The molecular formula is C12H24BrN. The van der Waals surface area contributed by atoms with Crippen molar-refractivity contribution in [2.75, 3.05) is 18.4 Å². The maximum Gasteiger partial charge on any atom is 0.00952 e. The molecule has 1 rings (SSSR count). The van der Waals surface area contributed by atoms with Crippen molar-refractivity contribution < 1.29 is 0 Å². The topological polar surface area (TPSA) is 3.24 Å². The van der Waals surface area contributed by atoms with Gasteiger partial charge in [-0.25, -0.2) is 0 Å². The molecule has 0 radical (unpaired) electrons. The fourth-order valence-electron chi connectivity index (χ4n) is 1.92. The minimum absolute atomic E-state index is 0.849. The molecule has 1 fully saturated rings. The number of hydrogen-bond donors (Lipinski definition) is 0. The van der Waals surface area contributed by atoms with Crippen LogP contribution in [0.2, 0.25) is 0 Å². The third-order valence-electron chi connectivity index (χ3n) is 3.16. The molecule has 0 bridgehead atoms. The average Bonchev–Trinajstić information content (AvgIpc) is 2.06. The standard InChI is InChI=1S/C12H24BrN/c1-11(2)7-10-14(9-4-8-13)12-5-3-6-12/h11-12H,3-10H2,1-2H3. The second kappa shape index (κ2) is 6.84. The molecule has 0 amide bonds. The molecule has 0 aromatic rings. The van der Waals surface area contributed by atoms with Gasteiger partial charge in [0.15, 0.2) is 0 Å². The zero-order chi connectivity index (χ0) is 10.4. The molecule has 1 saturated carbocycles. The largest absolute Gasteiger partial charge is 0.300 e. The number of hydrogen-bond acceptors (Lipinski definition) is 1. The summed E-state index contributed by atoms with van der Waals surface area (Å²) in [6, 6.07) is 0.924. The molecule has 84 valence electrons. The normalized spacial score (nSPS) is 17.8. The first kappa shape index (κ1) is 12.5. The predicted molar refractivity (Wildman–Crippen MR) is 67.1 cm³/mol. The monoisotopic (exact) mass is 261 g/mol. The van der Waals surface area contributed by atoms with Crippen molar-refractivity contribution in [2.45, 2.75) is 52.0 Å². The van der Waals surface area contributed by atoms with E-state index >= 15 is 0 Å². The van der Waals surface area contributed by atoms with Gasteiger partial charge in [-0.05, 0) is 44.7 Å². The summed E-state index contributed by atoms with van der Waals surface area (Å²) in [5.41, 5.74) is 0. The van der Waals surface area contributed by atoms with Gasteiger partial charge in [0, 0.05) is 11.4 Å². The highest BCUT2D eigenvalue weighted by Crippen LogP contribution is 2.25. The smallest absolute Gasteiger partial charge is 0.00952 e. The van der Waals surface area contributed by atoms with E-state index in [4.69, 9.17) is 0 Å². The molecule has 0 heterocycles. The Morgan fingerprint density at radius 2 is 2.00 bits per heavy atom. The van der Waals surface area contributed by atoms with Gasteiger partial charge in [0.25, 0.3) is 0 Å². The van der Waals surface area contributed by atoms with Gasteiger partial charge in [-0.3, -0.25) is 0 Å². The van der Waals surface area contributed by atoms with Crippen LogP contribution in [-0.4, -0.2) is 29.4 Å². The highest BCUT2D eigenvalue weighted by molar-refractivity contribution is 9.09. The summed E-state index contributed by atoms with van der Waals surface area (Å²) < 4.78 is 0. The van der Waals surface area contributed by atoms with Gasteiger partial charge in [0.2, 0.25) is 0 Å².